The normalized spacial score (nSPS) is 50.4. The van der Waals surface area contributed by atoms with Crippen LogP contribution in [-0.4, -0.2) is 0 Å². The fourth-order valence-corrected chi connectivity index (χ4v) is 5.02. The smallest absolute Gasteiger partial charge is 0.0194 e. The van der Waals surface area contributed by atoms with Gasteiger partial charge in [0.25, 0.3) is 0 Å². The molecule has 0 aliphatic heterocycles. The molecule has 2 fully saturated rings. The molecule has 0 amide bonds. The summed E-state index contributed by atoms with van der Waals surface area (Å²) in [5, 5.41) is 0. The van der Waals surface area contributed by atoms with Gasteiger partial charge in [-0.3, -0.25) is 0 Å². The summed E-state index contributed by atoms with van der Waals surface area (Å²) in [6.45, 7) is 4.86. The van der Waals surface area contributed by atoms with Gasteiger partial charge in [-0.25, -0.2) is 0 Å². The van der Waals surface area contributed by atoms with Crippen LogP contribution in [-0.2, 0) is 0 Å². The summed E-state index contributed by atoms with van der Waals surface area (Å²) in [6, 6.07) is 0. The van der Waals surface area contributed by atoms with E-state index < -0.39 is 0 Å². The maximum atomic E-state index is 2.54. The van der Waals surface area contributed by atoms with Crippen molar-refractivity contribution in [3.05, 3.63) is 12.2 Å². The molecule has 0 heterocycles. The zero-order valence-electron chi connectivity index (χ0n) is 10.9. The van der Waals surface area contributed by atoms with Gasteiger partial charge in [-0.2, -0.15) is 0 Å². The maximum absolute atomic E-state index is 2.54. The second kappa shape index (κ2) is 4.20. The first kappa shape index (κ1) is 10.9. The van der Waals surface area contributed by atoms with Crippen LogP contribution in [0.15, 0.2) is 12.2 Å². The molecule has 0 N–H and O–H groups in total. The molecule has 0 radical (unpaired) electrons. The predicted molar refractivity (Wildman–Crippen MR) is 69.1 cm³/mol. The van der Waals surface area contributed by atoms with E-state index in [1.54, 1.807) is 6.42 Å². The minimum absolute atomic E-state index is 0.945. The molecule has 3 aliphatic rings. The molecule has 6 atom stereocenters. The molecule has 16 heavy (non-hydrogen) atoms. The third kappa shape index (κ3) is 1.65. The first-order chi connectivity index (χ1) is 7.79. The Bertz CT molecular complexity index is 278. The van der Waals surface area contributed by atoms with Crippen molar-refractivity contribution < 1.29 is 0 Å². The molecule has 3 rings (SSSR count). The monoisotopic (exact) mass is 218 g/mol. The van der Waals surface area contributed by atoms with Gasteiger partial charge >= 0.3 is 0 Å². The van der Waals surface area contributed by atoms with Crippen LogP contribution in [0.3, 0.4) is 0 Å². The fraction of sp³-hybridized carbons (Fsp3) is 0.875. The molecule has 0 aromatic rings. The van der Waals surface area contributed by atoms with E-state index in [1.807, 2.05) is 0 Å². The third-order valence-corrected chi connectivity index (χ3v) is 5.75. The number of hydrogen-bond donors (Lipinski definition) is 0. The SMILES string of the molecule is CCCC1CCC(C2C3C=CC(C3)C2C)C1. The van der Waals surface area contributed by atoms with E-state index >= 15 is 0 Å². The molecule has 2 saturated carbocycles. The van der Waals surface area contributed by atoms with Crippen LogP contribution < -0.4 is 0 Å². The zero-order chi connectivity index (χ0) is 11.1. The largest absolute Gasteiger partial charge is 0.0848 e. The molecule has 0 aromatic heterocycles. The molecule has 90 valence electrons. The highest BCUT2D eigenvalue weighted by atomic mass is 14.5. The van der Waals surface area contributed by atoms with Gasteiger partial charge in [0.2, 0.25) is 0 Å². The second-order valence-electron chi connectivity index (χ2n) is 6.61. The summed E-state index contributed by atoms with van der Waals surface area (Å²) >= 11 is 0. The Labute approximate surface area is 101 Å². The minimum atomic E-state index is 0.945. The van der Waals surface area contributed by atoms with Gasteiger partial charge in [0.1, 0.15) is 0 Å². The van der Waals surface area contributed by atoms with E-state index in [4.69, 9.17) is 0 Å². The van der Waals surface area contributed by atoms with Crippen molar-refractivity contribution in [2.75, 3.05) is 0 Å². The lowest BCUT2D eigenvalue weighted by Gasteiger charge is -2.30. The van der Waals surface area contributed by atoms with Gasteiger partial charge in [0.05, 0.1) is 0 Å². The molecule has 6 unspecified atom stereocenters. The molecule has 0 heteroatoms. The standard InChI is InChI=1S/C16H26/c1-3-4-12-5-6-14(9-12)16-11(2)13-7-8-15(16)10-13/h7-8,11-16H,3-6,9-10H2,1-2H3. The van der Waals surface area contributed by atoms with Crippen molar-refractivity contribution in [3.8, 4) is 0 Å². The zero-order valence-corrected chi connectivity index (χ0v) is 10.9. The summed E-state index contributed by atoms with van der Waals surface area (Å²) in [6.07, 6.45) is 14.0. The van der Waals surface area contributed by atoms with E-state index in [1.165, 1.54) is 32.1 Å². The van der Waals surface area contributed by atoms with Gasteiger partial charge in [-0.1, -0.05) is 45.3 Å². The van der Waals surface area contributed by atoms with Crippen LogP contribution >= 0.6 is 0 Å². The molecule has 0 saturated heterocycles. The maximum Gasteiger partial charge on any atom is -0.0194 e. The number of hydrogen-bond acceptors (Lipinski definition) is 0. The first-order valence-electron chi connectivity index (χ1n) is 7.48. The van der Waals surface area contributed by atoms with Gasteiger partial charge in [-0.05, 0) is 54.8 Å². The molecule has 0 nitrogen and oxygen atoms in total. The van der Waals surface area contributed by atoms with Crippen molar-refractivity contribution >= 4 is 0 Å². The van der Waals surface area contributed by atoms with Crippen molar-refractivity contribution in [3.63, 3.8) is 0 Å². The summed E-state index contributed by atoms with van der Waals surface area (Å²) in [5.41, 5.74) is 0. The summed E-state index contributed by atoms with van der Waals surface area (Å²) in [5.74, 6) is 6.10. The average Bonchev–Trinajstić information content (AvgIpc) is 2.93. The highest BCUT2D eigenvalue weighted by Crippen LogP contribution is 2.54. The van der Waals surface area contributed by atoms with Crippen LogP contribution in [0.25, 0.3) is 0 Å². The van der Waals surface area contributed by atoms with Crippen molar-refractivity contribution in [2.45, 2.75) is 52.4 Å². The topological polar surface area (TPSA) is 0 Å². The van der Waals surface area contributed by atoms with E-state index in [0.717, 1.165) is 35.5 Å². The second-order valence-corrected chi connectivity index (χ2v) is 6.61. The summed E-state index contributed by atoms with van der Waals surface area (Å²) < 4.78 is 0. The Hall–Kier alpha value is -0.260. The van der Waals surface area contributed by atoms with Crippen molar-refractivity contribution in [2.24, 2.45) is 35.5 Å². The van der Waals surface area contributed by atoms with Crippen LogP contribution in [0.4, 0.5) is 0 Å². The molecule has 3 aliphatic carbocycles. The van der Waals surface area contributed by atoms with E-state index in [0.29, 0.717) is 0 Å². The number of allylic oxidation sites excluding steroid dienone is 2. The van der Waals surface area contributed by atoms with E-state index in [-0.39, 0.29) is 0 Å². The molecule has 0 aromatic carbocycles. The fourth-order valence-electron chi connectivity index (χ4n) is 5.02. The Morgan fingerprint density at radius 2 is 1.88 bits per heavy atom. The summed E-state index contributed by atoms with van der Waals surface area (Å²) in [4.78, 5) is 0. The van der Waals surface area contributed by atoms with Gasteiger partial charge < -0.3 is 0 Å². The Kier molecular flexibility index (Phi) is 2.85. The van der Waals surface area contributed by atoms with Gasteiger partial charge in [0, 0.05) is 0 Å². The predicted octanol–water partition coefficient (Wildman–Crippen LogP) is 4.66. The number of fused-ring (bicyclic) bond motifs is 2. The first-order valence-corrected chi connectivity index (χ1v) is 7.48. The van der Waals surface area contributed by atoms with Gasteiger partial charge in [-0.15, -0.1) is 0 Å². The van der Waals surface area contributed by atoms with Crippen LogP contribution in [0.5, 0.6) is 0 Å². The summed E-state index contributed by atoms with van der Waals surface area (Å²) in [7, 11) is 0. The molecular formula is C16H26. The average molecular weight is 218 g/mol. The van der Waals surface area contributed by atoms with Crippen molar-refractivity contribution in [1.29, 1.82) is 0 Å². The molecule has 2 bridgehead atoms. The van der Waals surface area contributed by atoms with Crippen molar-refractivity contribution in [1.82, 2.24) is 0 Å². The third-order valence-electron chi connectivity index (χ3n) is 5.75. The minimum Gasteiger partial charge on any atom is -0.0848 e. The van der Waals surface area contributed by atoms with Crippen LogP contribution in [0, 0.1) is 35.5 Å². The van der Waals surface area contributed by atoms with Crippen LogP contribution in [0.2, 0.25) is 0 Å². The number of rotatable bonds is 3. The lowest BCUT2D eigenvalue weighted by molar-refractivity contribution is 0.218. The molecular weight excluding hydrogens is 192 g/mol. The Morgan fingerprint density at radius 3 is 2.56 bits per heavy atom. The van der Waals surface area contributed by atoms with E-state index in [9.17, 15) is 0 Å². The van der Waals surface area contributed by atoms with E-state index in [2.05, 4.69) is 26.0 Å². The Balaban J connectivity index is 1.64. The lowest BCUT2D eigenvalue weighted by Crippen LogP contribution is -2.24. The highest BCUT2D eigenvalue weighted by Gasteiger charge is 2.46. The quantitative estimate of drug-likeness (QED) is 0.604. The lowest BCUT2D eigenvalue weighted by atomic mass is 9.75. The van der Waals surface area contributed by atoms with Gasteiger partial charge in [0.15, 0.2) is 0 Å². The van der Waals surface area contributed by atoms with Crippen LogP contribution in [0.1, 0.15) is 52.4 Å². The highest BCUT2D eigenvalue weighted by molar-refractivity contribution is 5.14. The Morgan fingerprint density at radius 1 is 1.06 bits per heavy atom. The molecule has 0 spiro atoms.